The van der Waals surface area contributed by atoms with Crippen LogP contribution in [0.4, 0.5) is 4.39 Å². The molecule has 78 valence electrons. The predicted octanol–water partition coefficient (Wildman–Crippen LogP) is 3.64. The normalized spacial score (nSPS) is 10.9. The van der Waals surface area contributed by atoms with Crippen LogP contribution in [0.25, 0.3) is 10.9 Å². The smallest absolute Gasteiger partial charge is 0.151 e. The minimum Gasteiger partial charge on any atom is -0.230 e. The van der Waals surface area contributed by atoms with Crippen molar-refractivity contribution in [3.63, 3.8) is 0 Å². The molecule has 0 N–H and O–H groups in total. The van der Waals surface area contributed by atoms with Crippen molar-refractivity contribution < 1.29 is 4.39 Å². The number of fused-ring (bicyclic) bond motifs is 1. The Labute approximate surface area is 96.1 Å². The topological polar surface area (TPSA) is 25.8 Å². The Hall–Kier alpha value is -0.930. The minimum absolute atomic E-state index is 0.219. The van der Waals surface area contributed by atoms with E-state index >= 15 is 0 Å². The van der Waals surface area contributed by atoms with Crippen molar-refractivity contribution in [3.8, 4) is 0 Å². The number of nitrogens with zero attached hydrogens (tertiary/aromatic N) is 2. The zero-order valence-electron chi connectivity index (χ0n) is 7.89. The molecule has 0 spiro atoms. The van der Waals surface area contributed by atoms with Crippen LogP contribution in [-0.4, -0.2) is 9.97 Å². The third-order valence-corrected chi connectivity index (χ3v) is 2.54. The van der Waals surface area contributed by atoms with Gasteiger partial charge in [-0.3, -0.25) is 0 Å². The molecule has 2 rings (SSSR count). The number of aromatic nitrogens is 2. The Morgan fingerprint density at radius 3 is 2.67 bits per heavy atom. The molecular formula is C10H7Cl2FN2. The summed E-state index contributed by atoms with van der Waals surface area (Å²) in [5, 5.41) is 0.965. The molecule has 0 unspecified atom stereocenters. The fourth-order valence-corrected chi connectivity index (χ4v) is 1.77. The van der Waals surface area contributed by atoms with Crippen LogP contribution in [0.15, 0.2) is 12.1 Å². The number of benzene rings is 1. The maximum absolute atomic E-state index is 13.5. The second kappa shape index (κ2) is 3.91. The first-order valence-electron chi connectivity index (χ1n) is 4.43. The molecule has 1 heterocycles. The molecular weight excluding hydrogens is 238 g/mol. The highest BCUT2D eigenvalue weighted by molar-refractivity contribution is 6.35. The average molecular weight is 245 g/mol. The zero-order valence-corrected chi connectivity index (χ0v) is 9.40. The second-order valence-corrected chi connectivity index (χ2v) is 3.86. The third-order valence-electron chi connectivity index (χ3n) is 2.03. The molecule has 0 amide bonds. The standard InChI is InChI=1S/C10H7Cl2FN2/c1-2-8-14-9-6(10(12)15-8)3-5(11)4-7(9)13/h3-4H,2H2,1H3. The van der Waals surface area contributed by atoms with E-state index in [-0.39, 0.29) is 15.7 Å². The highest BCUT2D eigenvalue weighted by Crippen LogP contribution is 2.26. The fraction of sp³-hybridized carbons (Fsp3) is 0.200. The summed E-state index contributed by atoms with van der Waals surface area (Å²) in [5.74, 6) is 0.0465. The van der Waals surface area contributed by atoms with Gasteiger partial charge < -0.3 is 0 Å². The summed E-state index contributed by atoms with van der Waals surface area (Å²) >= 11 is 11.6. The summed E-state index contributed by atoms with van der Waals surface area (Å²) in [7, 11) is 0. The van der Waals surface area contributed by atoms with Crippen molar-refractivity contribution in [1.29, 1.82) is 0 Å². The second-order valence-electron chi connectivity index (χ2n) is 3.07. The van der Waals surface area contributed by atoms with Gasteiger partial charge in [0.05, 0.1) is 0 Å². The van der Waals surface area contributed by atoms with Gasteiger partial charge in [-0.05, 0) is 12.1 Å². The molecule has 0 saturated carbocycles. The van der Waals surface area contributed by atoms with E-state index in [9.17, 15) is 4.39 Å². The van der Waals surface area contributed by atoms with Crippen molar-refractivity contribution in [2.45, 2.75) is 13.3 Å². The average Bonchev–Trinajstić information content (AvgIpc) is 2.19. The molecule has 0 fully saturated rings. The summed E-state index contributed by atoms with van der Waals surface area (Å²) < 4.78 is 13.5. The lowest BCUT2D eigenvalue weighted by Gasteiger charge is -2.04. The Kier molecular flexibility index (Phi) is 2.76. The van der Waals surface area contributed by atoms with E-state index in [1.54, 1.807) is 6.07 Å². The van der Waals surface area contributed by atoms with Crippen molar-refractivity contribution in [2.75, 3.05) is 0 Å². The number of halogens is 3. The van der Waals surface area contributed by atoms with Gasteiger partial charge in [-0.1, -0.05) is 30.1 Å². The first-order chi connectivity index (χ1) is 7.11. The summed E-state index contributed by atoms with van der Waals surface area (Å²) in [4.78, 5) is 8.10. The van der Waals surface area contributed by atoms with E-state index in [1.807, 2.05) is 6.92 Å². The van der Waals surface area contributed by atoms with E-state index in [0.717, 1.165) is 0 Å². The van der Waals surface area contributed by atoms with E-state index in [2.05, 4.69) is 9.97 Å². The summed E-state index contributed by atoms with van der Waals surface area (Å²) in [6.07, 6.45) is 0.609. The molecule has 0 aliphatic carbocycles. The van der Waals surface area contributed by atoms with Crippen molar-refractivity contribution in [1.82, 2.24) is 9.97 Å². The molecule has 1 aromatic heterocycles. The van der Waals surface area contributed by atoms with Crippen molar-refractivity contribution in [2.24, 2.45) is 0 Å². The van der Waals surface area contributed by atoms with Crippen molar-refractivity contribution in [3.05, 3.63) is 34.0 Å². The van der Waals surface area contributed by atoms with Gasteiger partial charge in [-0.25, -0.2) is 14.4 Å². The van der Waals surface area contributed by atoms with E-state index in [0.29, 0.717) is 17.6 Å². The SMILES string of the molecule is CCc1nc(Cl)c2cc(Cl)cc(F)c2n1. The minimum atomic E-state index is -0.475. The molecule has 1 aromatic carbocycles. The van der Waals surface area contributed by atoms with Crippen LogP contribution in [0.1, 0.15) is 12.7 Å². The lowest BCUT2D eigenvalue weighted by molar-refractivity contribution is 0.635. The quantitative estimate of drug-likeness (QED) is 0.717. The molecule has 0 atom stereocenters. The molecule has 15 heavy (non-hydrogen) atoms. The van der Waals surface area contributed by atoms with Gasteiger partial charge in [-0.15, -0.1) is 0 Å². The van der Waals surface area contributed by atoms with Gasteiger partial charge in [0.25, 0.3) is 0 Å². The Balaban J connectivity index is 2.85. The Bertz CT molecular complexity index is 528. The highest BCUT2D eigenvalue weighted by Gasteiger charge is 2.10. The molecule has 2 nitrogen and oxygen atoms in total. The van der Waals surface area contributed by atoms with Crippen molar-refractivity contribution >= 4 is 34.1 Å². The lowest BCUT2D eigenvalue weighted by Crippen LogP contribution is -1.96. The van der Waals surface area contributed by atoms with Gasteiger partial charge in [-0.2, -0.15) is 0 Å². The van der Waals surface area contributed by atoms with Crippen LogP contribution >= 0.6 is 23.2 Å². The van der Waals surface area contributed by atoms with Crippen LogP contribution in [0.3, 0.4) is 0 Å². The molecule has 5 heteroatoms. The van der Waals surface area contributed by atoms with Crippen LogP contribution in [-0.2, 0) is 6.42 Å². The molecule has 0 aliphatic rings. The lowest BCUT2D eigenvalue weighted by atomic mass is 10.2. The molecule has 0 radical (unpaired) electrons. The molecule has 2 aromatic rings. The number of aryl methyl sites for hydroxylation is 1. The molecule has 0 bridgehead atoms. The predicted molar refractivity (Wildman–Crippen MR) is 58.9 cm³/mol. The van der Waals surface area contributed by atoms with Gasteiger partial charge in [0.2, 0.25) is 0 Å². The maximum Gasteiger partial charge on any atom is 0.151 e. The van der Waals surface area contributed by atoms with Crippen LogP contribution < -0.4 is 0 Å². The number of hydrogen-bond donors (Lipinski definition) is 0. The molecule has 0 aliphatic heterocycles. The Morgan fingerprint density at radius 2 is 2.00 bits per heavy atom. The largest absolute Gasteiger partial charge is 0.230 e. The van der Waals surface area contributed by atoms with Gasteiger partial charge >= 0.3 is 0 Å². The summed E-state index contributed by atoms with van der Waals surface area (Å²) in [6, 6.07) is 2.77. The first kappa shape index (κ1) is 10.6. The van der Waals surface area contributed by atoms with E-state index in [4.69, 9.17) is 23.2 Å². The van der Waals surface area contributed by atoms with Crippen LogP contribution in [0, 0.1) is 5.82 Å². The van der Waals surface area contributed by atoms with E-state index < -0.39 is 5.82 Å². The summed E-state index contributed by atoms with van der Waals surface area (Å²) in [6.45, 7) is 1.88. The zero-order chi connectivity index (χ0) is 11.0. The van der Waals surface area contributed by atoms with Crippen LogP contribution in [0.5, 0.6) is 0 Å². The van der Waals surface area contributed by atoms with Gasteiger partial charge in [0.1, 0.15) is 16.5 Å². The van der Waals surface area contributed by atoms with Gasteiger partial charge in [0, 0.05) is 16.8 Å². The van der Waals surface area contributed by atoms with Gasteiger partial charge in [0.15, 0.2) is 5.82 Å². The number of hydrogen-bond acceptors (Lipinski definition) is 2. The number of rotatable bonds is 1. The monoisotopic (exact) mass is 244 g/mol. The van der Waals surface area contributed by atoms with E-state index in [1.165, 1.54) is 6.07 Å². The highest BCUT2D eigenvalue weighted by atomic mass is 35.5. The fourth-order valence-electron chi connectivity index (χ4n) is 1.32. The third kappa shape index (κ3) is 1.90. The molecule has 0 saturated heterocycles. The first-order valence-corrected chi connectivity index (χ1v) is 5.18. The van der Waals surface area contributed by atoms with Crippen LogP contribution in [0.2, 0.25) is 10.2 Å². The maximum atomic E-state index is 13.5. The Morgan fingerprint density at radius 1 is 1.27 bits per heavy atom. The summed E-state index contributed by atoms with van der Waals surface area (Å²) in [5.41, 5.74) is 0.219.